The van der Waals surface area contributed by atoms with E-state index in [0.717, 1.165) is 50.2 Å². The minimum absolute atomic E-state index is 0.00756. The second-order valence-corrected chi connectivity index (χ2v) is 8.32. The second kappa shape index (κ2) is 8.34. The van der Waals surface area contributed by atoms with Crippen LogP contribution in [0.2, 0.25) is 0 Å². The number of piperidine rings is 1. The second-order valence-electron chi connectivity index (χ2n) is 8.32. The molecule has 0 amide bonds. The van der Waals surface area contributed by atoms with Gasteiger partial charge >= 0.3 is 0 Å². The van der Waals surface area contributed by atoms with Crippen LogP contribution < -0.4 is 10.5 Å². The molecule has 30 heavy (non-hydrogen) atoms. The number of hydrogen-bond acceptors (Lipinski definition) is 6. The van der Waals surface area contributed by atoms with Crippen LogP contribution in [0.4, 0.5) is 5.82 Å². The van der Waals surface area contributed by atoms with Crippen molar-refractivity contribution >= 4 is 5.82 Å². The molecule has 0 atom stereocenters. The summed E-state index contributed by atoms with van der Waals surface area (Å²) in [6.07, 6.45) is 11.9. The zero-order valence-corrected chi connectivity index (χ0v) is 17.1. The van der Waals surface area contributed by atoms with Gasteiger partial charge in [-0.25, -0.2) is 4.98 Å². The van der Waals surface area contributed by atoms with E-state index in [9.17, 15) is 4.79 Å². The smallest absolute Gasteiger partial charge is 0.253 e. The fourth-order valence-electron chi connectivity index (χ4n) is 4.49. The Morgan fingerprint density at radius 1 is 1.07 bits per heavy atom. The minimum Gasteiger partial charge on any atom is -0.355 e. The molecule has 0 spiro atoms. The van der Waals surface area contributed by atoms with E-state index >= 15 is 0 Å². The average molecular weight is 403 g/mol. The lowest BCUT2D eigenvalue weighted by Gasteiger charge is -2.33. The zero-order valence-electron chi connectivity index (χ0n) is 17.1. The Hall–Kier alpha value is -3.09. The topological polar surface area (TPSA) is 76.8 Å². The molecule has 4 heterocycles. The van der Waals surface area contributed by atoms with E-state index in [0.29, 0.717) is 18.2 Å². The van der Waals surface area contributed by atoms with Gasteiger partial charge in [-0.2, -0.15) is 5.10 Å². The molecule has 7 heteroatoms. The molecular weight excluding hydrogens is 376 g/mol. The fourth-order valence-corrected chi connectivity index (χ4v) is 4.49. The van der Waals surface area contributed by atoms with Crippen LogP contribution in [0.3, 0.4) is 0 Å². The van der Waals surface area contributed by atoms with Crippen molar-refractivity contribution < 1.29 is 0 Å². The van der Waals surface area contributed by atoms with Crippen molar-refractivity contribution in [2.75, 3.05) is 18.0 Å². The van der Waals surface area contributed by atoms with Crippen molar-refractivity contribution in [3.63, 3.8) is 0 Å². The van der Waals surface area contributed by atoms with Crippen LogP contribution in [-0.2, 0) is 19.4 Å². The molecule has 1 aliphatic heterocycles. The maximum atomic E-state index is 12.6. The van der Waals surface area contributed by atoms with Crippen molar-refractivity contribution in [2.45, 2.75) is 45.1 Å². The molecule has 154 valence electrons. The molecule has 1 saturated heterocycles. The van der Waals surface area contributed by atoms with Crippen LogP contribution >= 0.6 is 0 Å². The molecule has 0 radical (unpaired) electrons. The summed E-state index contributed by atoms with van der Waals surface area (Å²) in [6.45, 7) is 2.62. The first-order valence-electron chi connectivity index (χ1n) is 10.8. The maximum absolute atomic E-state index is 12.6. The minimum atomic E-state index is -0.00756. The first-order chi connectivity index (χ1) is 14.8. The van der Waals surface area contributed by atoms with Crippen molar-refractivity contribution in [1.29, 1.82) is 0 Å². The van der Waals surface area contributed by atoms with Gasteiger partial charge in [0.2, 0.25) is 0 Å². The maximum Gasteiger partial charge on any atom is 0.253 e. The van der Waals surface area contributed by atoms with E-state index in [-0.39, 0.29) is 5.56 Å². The van der Waals surface area contributed by atoms with E-state index in [2.05, 4.69) is 31.1 Å². The van der Waals surface area contributed by atoms with Gasteiger partial charge in [-0.05, 0) is 68.2 Å². The zero-order chi connectivity index (χ0) is 20.3. The molecule has 0 saturated carbocycles. The molecule has 3 aromatic heterocycles. The number of rotatable bonds is 4. The third kappa shape index (κ3) is 3.97. The van der Waals surface area contributed by atoms with Gasteiger partial charge in [-0.15, -0.1) is 5.10 Å². The molecule has 0 unspecified atom stereocenters. The molecule has 1 aliphatic carbocycles. The first kappa shape index (κ1) is 18.9. The first-order valence-corrected chi connectivity index (χ1v) is 10.8. The summed E-state index contributed by atoms with van der Waals surface area (Å²) in [5.41, 5.74) is 4.08. The van der Waals surface area contributed by atoms with E-state index in [1.54, 1.807) is 29.4 Å². The normalized spacial score (nSPS) is 17.0. The van der Waals surface area contributed by atoms with Gasteiger partial charge in [-0.3, -0.25) is 14.3 Å². The molecule has 7 nitrogen and oxygen atoms in total. The number of pyridine rings is 1. The van der Waals surface area contributed by atoms with Crippen LogP contribution in [0.5, 0.6) is 0 Å². The Kier molecular flexibility index (Phi) is 5.26. The predicted molar refractivity (Wildman–Crippen MR) is 115 cm³/mol. The summed E-state index contributed by atoms with van der Waals surface area (Å²) in [5.74, 6) is 1.48. The Labute approximate surface area is 175 Å². The standard InChI is InChI=1S/C23H26N6O/c30-23-13-21(19-5-3-9-24-14-19)25-16-29(23)15-17-7-10-28(11-8-17)22-12-18-4-1-2-6-20(18)26-27-22/h3,5,9,12-14,16-17H,1-2,4,6-8,10-11,15H2. The molecule has 1 fully saturated rings. The van der Waals surface area contributed by atoms with Gasteiger partial charge in [0.05, 0.1) is 17.7 Å². The van der Waals surface area contributed by atoms with Gasteiger partial charge in [0.25, 0.3) is 5.56 Å². The number of fused-ring (bicyclic) bond motifs is 1. The summed E-state index contributed by atoms with van der Waals surface area (Å²) in [7, 11) is 0. The largest absolute Gasteiger partial charge is 0.355 e. The summed E-state index contributed by atoms with van der Waals surface area (Å²) in [4.78, 5) is 23.5. The number of aromatic nitrogens is 5. The molecule has 0 aromatic carbocycles. The molecule has 2 aliphatic rings. The van der Waals surface area contributed by atoms with Crippen molar-refractivity contribution in [3.05, 3.63) is 64.6 Å². The van der Waals surface area contributed by atoms with E-state index in [1.165, 1.54) is 24.1 Å². The Morgan fingerprint density at radius 2 is 1.93 bits per heavy atom. The van der Waals surface area contributed by atoms with E-state index < -0.39 is 0 Å². The summed E-state index contributed by atoms with van der Waals surface area (Å²) in [6, 6.07) is 7.62. The third-order valence-electron chi connectivity index (χ3n) is 6.29. The Bertz CT molecular complexity index is 1070. The van der Waals surface area contributed by atoms with Gasteiger partial charge in [0, 0.05) is 43.7 Å². The highest BCUT2D eigenvalue weighted by molar-refractivity contribution is 5.56. The van der Waals surface area contributed by atoms with Crippen LogP contribution in [-0.4, -0.2) is 37.8 Å². The monoisotopic (exact) mass is 402 g/mol. The van der Waals surface area contributed by atoms with Crippen molar-refractivity contribution in [1.82, 2.24) is 24.7 Å². The van der Waals surface area contributed by atoms with Gasteiger partial charge < -0.3 is 4.90 Å². The lowest BCUT2D eigenvalue weighted by Crippen LogP contribution is -2.37. The number of aryl methyl sites for hydroxylation is 2. The third-order valence-corrected chi connectivity index (χ3v) is 6.29. The lowest BCUT2D eigenvalue weighted by molar-refractivity contribution is 0.350. The lowest BCUT2D eigenvalue weighted by atomic mass is 9.95. The van der Waals surface area contributed by atoms with E-state index in [4.69, 9.17) is 0 Å². The molecule has 0 bridgehead atoms. The van der Waals surface area contributed by atoms with E-state index in [1.807, 2.05) is 12.1 Å². The average Bonchev–Trinajstić information content (AvgIpc) is 2.81. The highest BCUT2D eigenvalue weighted by Gasteiger charge is 2.22. The van der Waals surface area contributed by atoms with Crippen LogP contribution in [0.25, 0.3) is 11.3 Å². The fraction of sp³-hybridized carbons (Fsp3) is 0.435. The number of anilines is 1. The molecule has 5 rings (SSSR count). The van der Waals surface area contributed by atoms with Crippen LogP contribution in [0.15, 0.2) is 47.8 Å². The van der Waals surface area contributed by atoms with Gasteiger partial charge in [0.1, 0.15) is 0 Å². The number of nitrogens with zero attached hydrogens (tertiary/aromatic N) is 6. The summed E-state index contributed by atoms with van der Waals surface area (Å²) in [5, 5.41) is 8.96. The predicted octanol–water partition coefficient (Wildman–Crippen LogP) is 2.89. The molecular formula is C23H26N6O. The highest BCUT2D eigenvalue weighted by Crippen LogP contribution is 2.26. The van der Waals surface area contributed by atoms with Crippen LogP contribution in [0.1, 0.15) is 36.9 Å². The quantitative estimate of drug-likeness (QED) is 0.668. The van der Waals surface area contributed by atoms with Crippen molar-refractivity contribution in [3.8, 4) is 11.3 Å². The van der Waals surface area contributed by atoms with Crippen molar-refractivity contribution in [2.24, 2.45) is 5.92 Å². The SMILES string of the molecule is O=c1cc(-c2cccnc2)ncn1CC1CCN(c2cc3c(nn2)CCCC3)CC1. The summed E-state index contributed by atoms with van der Waals surface area (Å²) < 4.78 is 1.74. The molecule has 3 aromatic rings. The molecule has 0 N–H and O–H groups in total. The number of hydrogen-bond donors (Lipinski definition) is 0. The van der Waals surface area contributed by atoms with Gasteiger partial charge in [-0.1, -0.05) is 0 Å². The highest BCUT2D eigenvalue weighted by atomic mass is 16.1. The summed E-state index contributed by atoms with van der Waals surface area (Å²) >= 11 is 0. The van der Waals surface area contributed by atoms with Gasteiger partial charge in [0.15, 0.2) is 5.82 Å². The Morgan fingerprint density at radius 3 is 2.73 bits per heavy atom. The van der Waals surface area contributed by atoms with Crippen LogP contribution in [0, 0.1) is 5.92 Å². The Balaban J connectivity index is 1.22.